The zero-order chi connectivity index (χ0) is 23.4. The molecule has 3 heterocycles. The van der Waals surface area contributed by atoms with Gasteiger partial charge in [0, 0.05) is 43.1 Å². The minimum absolute atomic E-state index is 0.254. The van der Waals surface area contributed by atoms with Gasteiger partial charge in [-0.15, -0.1) is 0 Å². The lowest BCUT2D eigenvalue weighted by Gasteiger charge is -2.33. The Bertz CT molecular complexity index is 1280. The van der Waals surface area contributed by atoms with E-state index >= 15 is 0 Å². The molecule has 0 radical (unpaired) electrons. The van der Waals surface area contributed by atoms with Crippen LogP contribution in [0, 0.1) is 6.92 Å². The zero-order valence-electron chi connectivity index (χ0n) is 17.8. The number of nitrogens with zero attached hydrogens (tertiary/aromatic N) is 4. The topological polar surface area (TPSA) is 94.4 Å². The summed E-state index contributed by atoms with van der Waals surface area (Å²) < 4.78 is 34.1. The van der Waals surface area contributed by atoms with E-state index in [0.29, 0.717) is 11.2 Å². The molecule has 0 atom stereocenters. The Hall–Kier alpha value is -3.69. The van der Waals surface area contributed by atoms with Crippen molar-refractivity contribution < 1.29 is 27.9 Å². The van der Waals surface area contributed by atoms with Crippen LogP contribution in [0.3, 0.4) is 0 Å². The third kappa shape index (κ3) is 3.55. The van der Waals surface area contributed by atoms with E-state index in [1.807, 2.05) is 17.6 Å². The average Bonchev–Trinajstić information content (AvgIpc) is 3.24. The highest BCUT2D eigenvalue weighted by atomic mass is 19.3. The van der Waals surface area contributed by atoms with Gasteiger partial charge < -0.3 is 4.74 Å². The van der Waals surface area contributed by atoms with Gasteiger partial charge in [0.05, 0.1) is 6.54 Å². The second kappa shape index (κ2) is 7.43. The third-order valence-electron chi connectivity index (χ3n) is 6.26. The Labute approximate surface area is 187 Å². The van der Waals surface area contributed by atoms with Gasteiger partial charge in [0.15, 0.2) is 17.0 Å². The fraction of sp³-hybridized carbons (Fsp3) is 0.348. The molecule has 0 N–H and O–H groups in total. The van der Waals surface area contributed by atoms with E-state index < -0.39 is 48.7 Å². The lowest BCUT2D eigenvalue weighted by atomic mass is 9.82. The van der Waals surface area contributed by atoms with Gasteiger partial charge in [-0.05, 0) is 43.3 Å². The first kappa shape index (κ1) is 21.2. The number of ketones is 1. The number of aromatic nitrogens is 3. The van der Waals surface area contributed by atoms with Crippen LogP contribution in [0.1, 0.15) is 41.9 Å². The Kier molecular flexibility index (Phi) is 4.77. The minimum atomic E-state index is -2.88. The van der Waals surface area contributed by atoms with Gasteiger partial charge in [0.25, 0.3) is 5.91 Å². The highest BCUT2D eigenvalue weighted by Crippen LogP contribution is 2.44. The molecule has 0 bridgehead atoms. The number of pyridine rings is 1. The summed E-state index contributed by atoms with van der Waals surface area (Å²) in [6.45, 7) is 1.34. The number of aryl methyl sites for hydroxylation is 1. The molecule has 170 valence electrons. The largest absolute Gasteiger partial charge is 0.432 e. The van der Waals surface area contributed by atoms with Crippen molar-refractivity contribution in [1.82, 2.24) is 19.4 Å². The summed E-state index contributed by atoms with van der Waals surface area (Å²) in [6, 6.07) is 10.3. The standard InChI is InChI=1S/C23H20F2N4O4/c1-14-27-17-3-2-12-26-19(17)29(14)16-6-4-15(5-7-16)18(30)13-28-20(31)22(33-21(28)32)8-10-23(24,25)11-9-22/h2-7,12H,8-11,13H2,1H3. The van der Waals surface area contributed by atoms with Crippen LogP contribution in [0.25, 0.3) is 16.9 Å². The Morgan fingerprint density at radius 1 is 1.09 bits per heavy atom. The summed E-state index contributed by atoms with van der Waals surface area (Å²) in [7, 11) is 0. The fourth-order valence-electron chi connectivity index (χ4n) is 4.43. The quantitative estimate of drug-likeness (QED) is 0.556. The first-order valence-corrected chi connectivity index (χ1v) is 10.6. The number of hydrogen-bond donors (Lipinski definition) is 0. The molecule has 2 aliphatic rings. The number of imide groups is 1. The van der Waals surface area contributed by atoms with E-state index in [1.54, 1.807) is 36.5 Å². The van der Waals surface area contributed by atoms with Crippen LogP contribution >= 0.6 is 0 Å². The van der Waals surface area contributed by atoms with Crippen molar-refractivity contribution in [1.29, 1.82) is 0 Å². The van der Waals surface area contributed by atoms with Crippen LogP contribution in [0.5, 0.6) is 0 Å². The molecule has 1 aromatic carbocycles. The number of halogens is 2. The molecule has 5 rings (SSSR count). The summed E-state index contributed by atoms with van der Waals surface area (Å²) in [5.41, 5.74) is 0.892. The number of imidazole rings is 1. The van der Waals surface area contributed by atoms with Gasteiger partial charge in [-0.3, -0.25) is 14.2 Å². The van der Waals surface area contributed by atoms with Crippen molar-refractivity contribution in [2.75, 3.05) is 6.54 Å². The van der Waals surface area contributed by atoms with Crippen LogP contribution < -0.4 is 0 Å². The van der Waals surface area contributed by atoms with Crippen LogP contribution in [0.15, 0.2) is 42.6 Å². The highest BCUT2D eigenvalue weighted by Gasteiger charge is 2.58. The normalized spacial score (nSPS) is 19.3. The number of Topliss-reactive ketones (excluding diaryl/α,β-unsaturated/α-hetero) is 1. The van der Waals surface area contributed by atoms with E-state index in [0.717, 1.165) is 21.9 Å². The van der Waals surface area contributed by atoms with Gasteiger partial charge in [-0.2, -0.15) is 0 Å². The lowest BCUT2D eigenvalue weighted by molar-refractivity contribution is -0.146. The second-order valence-electron chi connectivity index (χ2n) is 8.42. The molecular weight excluding hydrogens is 434 g/mol. The van der Waals surface area contributed by atoms with Crippen molar-refractivity contribution in [2.45, 2.75) is 44.1 Å². The number of fused-ring (bicyclic) bond motifs is 1. The number of benzene rings is 1. The molecule has 1 aliphatic heterocycles. The Morgan fingerprint density at radius 3 is 2.48 bits per heavy atom. The smallest absolute Gasteiger partial charge is 0.418 e. The van der Waals surface area contributed by atoms with Crippen molar-refractivity contribution in [2.24, 2.45) is 0 Å². The number of alkyl halides is 2. The number of carbonyl (C=O) groups excluding carboxylic acids is 3. The molecule has 10 heteroatoms. The van der Waals surface area contributed by atoms with Crippen molar-refractivity contribution >= 4 is 28.9 Å². The van der Waals surface area contributed by atoms with Gasteiger partial charge in [-0.25, -0.2) is 28.4 Å². The molecule has 0 unspecified atom stereocenters. The number of rotatable bonds is 4. The summed E-state index contributed by atoms with van der Waals surface area (Å²) in [5.74, 6) is -3.33. The molecule has 1 spiro atoms. The highest BCUT2D eigenvalue weighted by molar-refractivity contribution is 6.08. The zero-order valence-corrected chi connectivity index (χ0v) is 17.8. The molecule has 1 saturated carbocycles. The maximum absolute atomic E-state index is 13.5. The average molecular weight is 454 g/mol. The van der Waals surface area contributed by atoms with Crippen molar-refractivity contribution in [3.8, 4) is 5.69 Å². The number of carbonyl (C=O) groups is 3. The molecule has 3 aromatic rings. The van der Waals surface area contributed by atoms with Crippen LogP contribution in [0.2, 0.25) is 0 Å². The van der Waals surface area contributed by atoms with Crippen LogP contribution in [0.4, 0.5) is 13.6 Å². The van der Waals surface area contributed by atoms with E-state index in [4.69, 9.17) is 4.74 Å². The predicted octanol–water partition coefficient (Wildman–Crippen LogP) is 3.84. The van der Waals surface area contributed by atoms with E-state index in [9.17, 15) is 23.2 Å². The van der Waals surface area contributed by atoms with Crippen molar-refractivity contribution in [3.05, 3.63) is 54.0 Å². The molecule has 2 fully saturated rings. The Morgan fingerprint density at radius 2 is 1.79 bits per heavy atom. The SMILES string of the molecule is Cc1nc2cccnc2n1-c1ccc(C(=O)CN2C(=O)OC3(CCC(F)(F)CC3)C2=O)cc1. The van der Waals surface area contributed by atoms with Crippen molar-refractivity contribution in [3.63, 3.8) is 0 Å². The maximum Gasteiger partial charge on any atom is 0.418 e. The number of amides is 2. The first-order chi connectivity index (χ1) is 15.7. The molecule has 1 aliphatic carbocycles. The molecular formula is C23H20F2N4O4. The maximum atomic E-state index is 13.5. The third-order valence-corrected chi connectivity index (χ3v) is 6.26. The Balaban J connectivity index is 1.33. The van der Waals surface area contributed by atoms with Gasteiger partial charge in [0.2, 0.25) is 5.92 Å². The first-order valence-electron chi connectivity index (χ1n) is 10.6. The minimum Gasteiger partial charge on any atom is -0.432 e. The number of ether oxygens (including phenoxy) is 1. The van der Waals surface area contributed by atoms with Gasteiger partial charge >= 0.3 is 6.09 Å². The number of hydrogen-bond acceptors (Lipinski definition) is 6. The van der Waals surface area contributed by atoms with Crippen LogP contribution in [-0.2, 0) is 9.53 Å². The summed E-state index contributed by atoms with van der Waals surface area (Å²) in [4.78, 5) is 47.4. The second-order valence-corrected chi connectivity index (χ2v) is 8.42. The van der Waals surface area contributed by atoms with E-state index in [-0.39, 0.29) is 12.8 Å². The molecule has 33 heavy (non-hydrogen) atoms. The van der Waals surface area contributed by atoms with E-state index in [2.05, 4.69) is 9.97 Å². The monoisotopic (exact) mass is 454 g/mol. The summed E-state index contributed by atoms with van der Waals surface area (Å²) >= 11 is 0. The predicted molar refractivity (Wildman–Crippen MR) is 112 cm³/mol. The van der Waals surface area contributed by atoms with Crippen LogP contribution in [-0.4, -0.2) is 55.3 Å². The molecule has 1 saturated heterocycles. The fourth-order valence-corrected chi connectivity index (χ4v) is 4.43. The molecule has 2 amide bonds. The summed E-state index contributed by atoms with van der Waals surface area (Å²) in [6.07, 6.45) is -0.878. The summed E-state index contributed by atoms with van der Waals surface area (Å²) in [5, 5.41) is 0. The lowest BCUT2D eigenvalue weighted by Crippen LogP contribution is -2.47. The molecule has 2 aromatic heterocycles. The molecule has 8 nitrogen and oxygen atoms in total. The van der Waals surface area contributed by atoms with Gasteiger partial charge in [-0.1, -0.05) is 0 Å². The van der Waals surface area contributed by atoms with E-state index in [1.165, 1.54) is 0 Å². The van der Waals surface area contributed by atoms with Gasteiger partial charge in [0.1, 0.15) is 11.3 Å².